The van der Waals surface area contributed by atoms with Crippen LogP contribution in [0.4, 0.5) is 13.2 Å². The minimum Gasteiger partial charge on any atom is -0.418 e. The Morgan fingerprint density at radius 2 is 1.79 bits per heavy atom. The van der Waals surface area contributed by atoms with Crippen molar-refractivity contribution in [2.24, 2.45) is 0 Å². The number of alkyl halides is 3. The van der Waals surface area contributed by atoms with Gasteiger partial charge in [0.15, 0.2) is 0 Å². The van der Waals surface area contributed by atoms with Crippen molar-refractivity contribution in [3.63, 3.8) is 0 Å². The molecular weight excluding hydrogens is 257 g/mol. The number of fused-ring (bicyclic) bond motifs is 1. The summed E-state index contributed by atoms with van der Waals surface area (Å²) in [6.45, 7) is 0. The molecular formula is C13H7F3N2O. The van der Waals surface area contributed by atoms with Gasteiger partial charge in [-0.05, 0) is 18.2 Å². The first-order valence-electron chi connectivity index (χ1n) is 5.43. The Morgan fingerprint density at radius 1 is 1.05 bits per heavy atom. The Bertz CT molecular complexity index is 720. The van der Waals surface area contributed by atoms with Crippen LogP contribution in [0.5, 0.6) is 0 Å². The molecule has 0 saturated carbocycles. The standard InChI is InChI=1S/C13H7F3N2O/c14-13(15,16)9-6-10-12(17-7-9)19-11(18-10)8-4-2-1-3-5-8/h1-7H. The molecule has 0 radical (unpaired) electrons. The Kier molecular flexibility index (Phi) is 2.51. The topological polar surface area (TPSA) is 38.9 Å². The zero-order valence-electron chi connectivity index (χ0n) is 9.48. The zero-order chi connectivity index (χ0) is 13.5. The van der Waals surface area contributed by atoms with Crippen LogP contribution in [0.2, 0.25) is 0 Å². The van der Waals surface area contributed by atoms with E-state index in [1.54, 1.807) is 24.3 Å². The maximum Gasteiger partial charge on any atom is 0.417 e. The van der Waals surface area contributed by atoms with Crippen LogP contribution in [0.1, 0.15) is 5.56 Å². The molecule has 0 atom stereocenters. The molecule has 2 heterocycles. The largest absolute Gasteiger partial charge is 0.418 e. The molecule has 6 heteroatoms. The van der Waals surface area contributed by atoms with Gasteiger partial charge < -0.3 is 4.42 Å². The molecule has 0 amide bonds. The SMILES string of the molecule is FC(F)(F)c1cnc2oc(-c3ccccc3)nc2c1. The van der Waals surface area contributed by atoms with Crippen LogP contribution in [-0.2, 0) is 6.18 Å². The van der Waals surface area contributed by atoms with Crippen LogP contribution in [0, 0.1) is 0 Å². The Hall–Kier alpha value is -2.37. The smallest absolute Gasteiger partial charge is 0.417 e. The van der Waals surface area contributed by atoms with Gasteiger partial charge in [0.25, 0.3) is 0 Å². The molecule has 3 nitrogen and oxygen atoms in total. The highest BCUT2D eigenvalue weighted by molar-refractivity contribution is 5.73. The molecule has 2 aromatic heterocycles. The number of rotatable bonds is 1. The molecule has 0 aliphatic heterocycles. The van der Waals surface area contributed by atoms with Crippen LogP contribution < -0.4 is 0 Å². The van der Waals surface area contributed by atoms with Crippen LogP contribution in [-0.4, -0.2) is 9.97 Å². The van der Waals surface area contributed by atoms with Crippen molar-refractivity contribution in [1.29, 1.82) is 0 Å². The fraction of sp³-hybridized carbons (Fsp3) is 0.0769. The van der Waals surface area contributed by atoms with E-state index in [1.165, 1.54) is 0 Å². The summed E-state index contributed by atoms with van der Waals surface area (Å²) in [4.78, 5) is 7.67. The average Bonchev–Trinajstić information content (AvgIpc) is 2.81. The van der Waals surface area contributed by atoms with Crippen molar-refractivity contribution in [1.82, 2.24) is 9.97 Å². The van der Waals surface area contributed by atoms with Gasteiger partial charge >= 0.3 is 6.18 Å². The van der Waals surface area contributed by atoms with E-state index >= 15 is 0 Å². The van der Waals surface area contributed by atoms with Gasteiger partial charge in [-0.2, -0.15) is 13.2 Å². The van der Waals surface area contributed by atoms with E-state index < -0.39 is 11.7 Å². The molecule has 0 N–H and O–H groups in total. The van der Waals surface area contributed by atoms with E-state index in [-0.39, 0.29) is 17.1 Å². The van der Waals surface area contributed by atoms with Gasteiger partial charge in [-0.1, -0.05) is 18.2 Å². The van der Waals surface area contributed by atoms with Crippen molar-refractivity contribution in [3.05, 3.63) is 48.2 Å². The summed E-state index contributed by atoms with van der Waals surface area (Å²) >= 11 is 0. The number of oxazole rings is 1. The number of pyridine rings is 1. The van der Waals surface area contributed by atoms with E-state index in [2.05, 4.69) is 9.97 Å². The Balaban J connectivity index is 2.12. The molecule has 0 aliphatic carbocycles. The van der Waals surface area contributed by atoms with Crippen LogP contribution in [0.15, 0.2) is 47.0 Å². The van der Waals surface area contributed by atoms with Gasteiger partial charge in [0, 0.05) is 11.8 Å². The van der Waals surface area contributed by atoms with Gasteiger partial charge in [-0.3, -0.25) is 0 Å². The maximum absolute atomic E-state index is 12.5. The Labute approximate surface area is 105 Å². The van der Waals surface area contributed by atoms with E-state index in [9.17, 15) is 13.2 Å². The highest BCUT2D eigenvalue weighted by Gasteiger charge is 2.31. The lowest BCUT2D eigenvalue weighted by Gasteiger charge is -2.03. The monoisotopic (exact) mass is 264 g/mol. The number of halogens is 3. The normalized spacial score (nSPS) is 11.9. The molecule has 0 aliphatic rings. The van der Waals surface area contributed by atoms with Gasteiger partial charge in [-0.15, -0.1) is 0 Å². The molecule has 0 spiro atoms. The molecule has 1 aromatic carbocycles. The molecule has 19 heavy (non-hydrogen) atoms. The van der Waals surface area contributed by atoms with Gasteiger partial charge in [0.2, 0.25) is 11.6 Å². The number of nitrogens with zero attached hydrogens (tertiary/aromatic N) is 2. The number of aromatic nitrogens is 2. The fourth-order valence-electron chi connectivity index (χ4n) is 1.68. The summed E-state index contributed by atoms with van der Waals surface area (Å²) in [5.74, 6) is 0.252. The third-order valence-electron chi connectivity index (χ3n) is 2.60. The van der Waals surface area contributed by atoms with Crippen molar-refractivity contribution in [3.8, 4) is 11.5 Å². The highest BCUT2D eigenvalue weighted by atomic mass is 19.4. The van der Waals surface area contributed by atoms with Gasteiger partial charge in [0.1, 0.15) is 5.52 Å². The molecule has 0 bridgehead atoms. The van der Waals surface area contributed by atoms with Crippen molar-refractivity contribution in [2.75, 3.05) is 0 Å². The molecule has 0 unspecified atom stereocenters. The van der Waals surface area contributed by atoms with Crippen LogP contribution in [0.25, 0.3) is 22.7 Å². The second-order valence-electron chi connectivity index (χ2n) is 3.93. The first-order chi connectivity index (χ1) is 9.04. The second-order valence-corrected chi connectivity index (χ2v) is 3.93. The predicted molar refractivity (Wildman–Crippen MR) is 62.2 cm³/mol. The van der Waals surface area contributed by atoms with Crippen molar-refractivity contribution < 1.29 is 17.6 Å². The Morgan fingerprint density at radius 3 is 2.47 bits per heavy atom. The quantitative estimate of drug-likeness (QED) is 0.669. The minimum absolute atomic E-state index is 0.0897. The summed E-state index contributed by atoms with van der Waals surface area (Å²) < 4.78 is 43.0. The molecule has 3 aromatic rings. The molecule has 0 fully saturated rings. The number of hydrogen-bond acceptors (Lipinski definition) is 3. The number of benzene rings is 1. The second kappa shape index (κ2) is 4.08. The first kappa shape index (κ1) is 11.7. The molecule has 3 rings (SSSR count). The summed E-state index contributed by atoms with van der Waals surface area (Å²) in [6, 6.07) is 9.85. The zero-order valence-corrected chi connectivity index (χ0v) is 9.48. The lowest BCUT2D eigenvalue weighted by atomic mass is 10.2. The molecule has 96 valence electrons. The third kappa shape index (κ3) is 2.16. The lowest BCUT2D eigenvalue weighted by molar-refractivity contribution is -0.137. The molecule has 0 saturated heterocycles. The van der Waals surface area contributed by atoms with Crippen LogP contribution >= 0.6 is 0 Å². The summed E-state index contributed by atoms with van der Waals surface area (Å²) in [5.41, 5.74) is 0.0301. The van der Waals surface area contributed by atoms with Crippen LogP contribution in [0.3, 0.4) is 0 Å². The van der Waals surface area contributed by atoms with Gasteiger partial charge in [0.05, 0.1) is 5.56 Å². The average molecular weight is 264 g/mol. The van der Waals surface area contributed by atoms with E-state index in [0.717, 1.165) is 12.3 Å². The fourth-order valence-corrected chi connectivity index (χ4v) is 1.68. The van der Waals surface area contributed by atoms with Crippen molar-refractivity contribution in [2.45, 2.75) is 6.18 Å². The van der Waals surface area contributed by atoms with E-state index in [0.29, 0.717) is 5.56 Å². The summed E-state index contributed by atoms with van der Waals surface area (Å²) in [7, 11) is 0. The summed E-state index contributed by atoms with van der Waals surface area (Å²) in [6.07, 6.45) is -3.70. The third-order valence-corrected chi connectivity index (χ3v) is 2.60. The predicted octanol–water partition coefficient (Wildman–Crippen LogP) is 3.91. The summed E-state index contributed by atoms with van der Waals surface area (Å²) in [5, 5.41) is 0. The van der Waals surface area contributed by atoms with E-state index in [1.807, 2.05) is 6.07 Å². The van der Waals surface area contributed by atoms with Gasteiger partial charge in [-0.25, -0.2) is 9.97 Å². The first-order valence-corrected chi connectivity index (χ1v) is 5.43. The van der Waals surface area contributed by atoms with Crippen molar-refractivity contribution >= 4 is 11.2 Å². The number of hydrogen-bond donors (Lipinski definition) is 0. The van der Waals surface area contributed by atoms with E-state index in [4.69, 9.17) is 4.42 Å². The maximum atomic E-state index is 12.5. The highest BCUT2D eigenvalue weighted by Crippen LogP contribution is 2.31. The minimum atomic E-state index is -4.44. The lowest BCUT2D eigenvalue weighted by Crippen LogP contribution is -2.04.